The Morgan fingerprint density at radius 2 is 1.70 bits per heavy atom. The molecule has 0 bridgehead atoms. The molecule has 3 aromatic rings. The van der Waals surface area contributed by atoms with Gasteiger partial charge in [0.15, 0.2) is 17.5 Å². The van der Waals surface area contributed by atoms with Gasteiger partial charge in [0.1, 0.15) is 11.6 Å². The summed E-state index contributed by atoms with van der Waals surface area (Å²) in [6.45, 7) is 1.33. The first kappa shape index (κ1) is 18.7. The Morgan fingerprint density at radius 1 is 0.926 bits per heavy atom. The van der Waals surface area contributed by atoms with E-state index in [1.54, 1.807) is 13.2 Å². The fraction of sp³-hybridized carbons (Fsp3) is 0.200. The zero-order valence-electron chi connectivity index (χ0n) is 14.9. The first-order chi connectivity index (χ1) is 13.2. The van der Waals surface area contributed by atoms with Crippen molar-refractivity contribution in [3.63, 3.8) is 0 Å². The molecule has 0 spiro atoms. The van der Waals surface area contributed by atoms with Crippen molar-refractivity contribution in [3.8, 4) is 11.4 Å². The van der Waals surface area contributed by atoms with E-state index in [9.17, 15) is 8.78 Å². The van der Waals surface area contributed by atoms with Crippen LogP contribution < -0.4 is 10.6 Å². The minimum absolute atomic E-state index is 0.400. The standard InChI is InChI=1S/C20H20F2N4O/c1-27-11-5-10-23-18-13-19(24-15-8-9-16(21)17(22)12-15)26-20(25-18)14-6-3-2-4-7-14/h2-4,6-9,12-13H,5,10-11H2,1H3,(H2,23,24,25,26). The summed E-state index contributed by atoms with van der Waals surface area (Å²) >= 11 is 0. The van der Waals surface area contributed by atoms with Crippen molar-refractivity contribution < 1.29 is 13.5 Å². The van der Waals surface area contributed by atoms with Crippen LogP contribution in [-0.4, -0.2) is 30.2 Å². The molecule has 0 fully saturated rings. The topological polar surface area (TPSA) is 59.1 Å². The summed E-state index contributed by atoms with van der Waals surface area (Å²) in [6, 6.07) is 14.9. The molecule has 0 aliphatic heterocycles. The van der Waals surface area contributed by atoms with Gasteiger partial charge in [-0.3, -0.25) is 0 Å². The molecular weight excluding hydrogens is 350 g/mol. The number of nitrogens with zero attached hydrogens (tertiary/aromatic N) is 2. The van der Waals surface area contributed by atoms with Crippen molar-refractivity contribution in [3.05, 3.63) is 66.2 Å². The third-order valence-corrected chi connectivity index (χ3v) is 3.78. The number of rotatable bonds is 8. The zero-order valence-corrected chi connectivity index (χ0v) is 14.9. The van der Waals surface area contributed by atoms with E-state index in [0.29, 0.717) is 36.3 Å². The van der Waals surface area contributed by atoms with E-state index < -0.39 is 11.6 Å². The molecular formula is C20H20F2N4O. The van der Waals surface area contributed by atoms with E-state index in [1.165, 1.54) is 6.07 Å². The average molecular weight is 370 g/mol. The van der Waals surface area contributed by atoms with Crippen LogP contribution in [0.5, 0.6) is 0 Å². The number of halogens is 2. The molecule has 1 aromatic heterocycles. The van der Waals surface area contributed by atoms with Crippen LogP contribution in [0.2, 0.25) is 0 Å². The Morgan fingerprint density at radius 3 is 2.44 bits per heavy atom. The monoisotopic (exact) mass is 370 g/mol. The lowest BCUT2D eigenvalue weighted by atomic mass is 10.2. The predicted molar refractivity (Wildman–Crippen MR) is 102 cm³/mol. The second kappa shape index (κ2) is 9.05. The molecule has 0 saturated heterocycles. The summed E-state index contributed by atoms with van der Waals surface area (Å²) in [7, 11) is 1.65. The third kappa shape index (κ3) is 5.21. The van der Waals surface area contributed by atoms with Gasteiger partial charge >= 0.3 is 0 Å². The maximum Gasteiger partial charge on any atom is 0.163 e. The van der Waals surface area contributed by atoms with Gasteiger partial charge in [-0.15, -0.1) is 0 Å². The van der Waals surface area contributed by atoms with E-state index >= 15 is 0 Å². The van der Waals surface area contributed by atoms with E-state index in [2.05, 4.69) is 20.6 Å². The maximum atomic E-state index is 13.5. The Kier molecular flexibility index (Phi) is 6.27. The number of methoxy groups -OCH3 is 1. The molecule has 5 nitrogen and oxygen atoms in total. The van der Waals surface area contributed by atoms with Crippen LogP contribution in [0.25, 0.3) is 11.4 Å². The lowest BCUT2D eigenvalue weighted by Crippen LogP contribution is -2.08. The van der Waals surface area contributed by atoms with Crippen LogP contribution in [0.3, 0.4) is 0 Å². The molecule has 0 amide bonds. The second-order valence-electron chi connectivity index (χ2n) is 5.86. The number of nitrogens with one attached hydrogen (secondary N) is 2. The average Bonchev–Trinajstić information content (AvgIpc) is 2.69. The highest BCUT2D eigenvalue weighted by Gasteiger charge is 2.09. The van der Waals surface area contributed by atoms with Gasteiger partial charge in [-0.2, -0.15) is 0 Å². The van der Waals surface area contributed by atoms with E-state index in [-0.39, 0.29) is 0 Å². The summed E-state index contributed by atoms with van der Waals surface area (Å²) in [5, 5.41) is 6.23. The second-order valence-corrected chi connectivity index (χ2v) is 5.86. The number of anilines is 3. The molecule has 0 aliphatic rings. The lowest BCUT2D eigenvalue weighted by molar-refractivity contribution is 0.198. The van der Waals surface area contributed by atoms with Crippen molar-refractivity contribution in [2.75, 3.05) is 30.9 Å². The summed E-state index contributed by atoms with van der Waals surface area (Å²) in [6.07, 6.45) is 0.826. The summed E-state index contributed by atoms with van der Waals surface area (Å²) in [5.41, 5.74) is 1.25. The zero-order chi connectivity index (χ0) is 19.1. The fourth-order valence-corrected chi connectivity index (χ4v) is 2.47. The number of benzene rings is 2. The van der Waals surface area contributed by atoms with Crippen molar-refractivity contribution in [1.82, 2.24) is 9.97 Å². The number of hydrogen-bond acceptors (Lipinski definition) is 5. The van der Waals surface area contributed by atoms with Crippen LogP contribution in [0, 0.1) is 11.6 Å². The molecule has 0 saturated carbocycles. The molecule has 1 heterocycles. The maximum absolute atomic E-state index is 13.5. The lowest BCUT2D eigenvalue weighted by Gasteiger charge is -2.12. The number of aromatic nitrogens is 2. The molecule has 3 rings (SSSR count). The predicted octanol–water partition coefficient (Wildman–Crippen LogP) is 4.61. The van der Waals surface area contributed by atoms with Gasteiger partial charge in [0.05, 0.1) is 0 Å². The number of hydrogen-bond donors (Lipinski definition) is 2. The molecule has 0 radical (unpaired) electrons. The Balaban J connectivity index is 1.87. The normalized spacial score (nSPS) is 10.6. The fourth-order valence-electron chi connectivity index (χ4n) is 2.47. The molecule has 0 aliphatic carbocycles. The highest BCUT2D eigenvalue weighted by molar-refractivity contribution is 5.65. The van der Waals surface area contributed by atoms with Gasteiger partial charge in [-0.25, -0.2) is 18.7 Å². The van der Waals surface area contributed by atoms with Crippen molar-refractivity contribution in [2.45, 2.75) is 6.42 Å². The highest BCUT2D eigenvalue weighted by Crippen LogP contribution is 2.23. The van der Waals surface area contributed by atoms with Gasteiger partial charge < -0.3 is 15.4 Å². The third-order valence-electron chi connectivity index (χ3n) is 3.78. The van der Waals surface area contributed by atoms with Gasteiger partial charge in [0.2, 0.25) is 0 Å². The minimum atomic E-state index is -0.921. The molecule has 2 aromatic carbocycles. The summed E-state index contributed by atoms with van der Waals surface area (Å²) < 4.78 is 31.7. The minimum Gasteiger partial charge on any atom is -0.385 e. The van der Waals surface area contributed by atoms with Crippen LogP contribution >= 0.6 is 0 Å². The smallest absolute Gasteiger partial charge is 0.163 e. The Hall–Kier alpha value is -3.06. The van der Waals surface area contributed by atoms with Crippen LogP contribution in [0.1, 0.15) is 6.42 Å². The van der Waals surface area contributed by atoms with Crippen LogP contribution in [0.15, 0.2) is 54.6 Å². The Labute approximate surface area is 156 Å². The molecule has 2 N–H and O–H groups in total. The molecule has 140 valence electrons. The molecule has 0 unspecified atom stereocenters. The summed E-state index contributed by atoms with van der Waals surface area (Å²) in [4.78, 5) is 9.03. The first-order valence-corrected chi connectivity index (χ1v) is 8.55. The van der Waals surface area contributed by atoms with Crippen LogP contribution in [0.4, 0.5) is 26.1 Å². The van der Waals surface area contributed by atoms with Gasteiger partial charge in [-0.05, 0) is 18.6 Å². The van der Waals surface area contributed by atoms with E-state index in [0.717, 1.165) is 24.1 Å². The molecule has 0 atom stereocenters. The Bertz CT molecular complexity index is 890. The van der Waals surface area contributed by atoms with E-state index in [1.807, 2.05) is 30.3 Å². The molecule has 7 heteroatoms. The van der Waals surface area contributed by atoms with Gasteiger partial charge in [-0.1, -0.05) is 30.3 Å². The van der Waals surface area contributed by atoms with Gasteiger partial charge in [0, 0.05) is 43.6 Å². The van der Waals surface area contributed by atoms with Crippen LogP contribution in [-0.2, 0) is 4.74 Å². The van der Waals surface area contributed by atoms with Gasteiger partial charge in [0.25, 0.3) is 0 Å². The van der Waals surface area contributed by atoms with Crippen molar-refractivity contribution >= 4 is 17.3 Å². The van der Waals surface area contributed by atoms with Crippen molar-refractivity contribution in [2.24, 2.45) is 0 Å². The van der Waals surface area contributed by atoms with Crippen molar-refractivity contribution in [1.29, 1.82) is 0 Å². The summed E-state index contributed by atoms with van der Waals surface area (Å²) in [5.74, 6) is -0.185. The number of ether oxygens (including phenoxy) is 1. The SMILES string of the molecule is COCCCNc1cc(Nc2ccc(F)c(F)c2)nc(-c2ccccc2)n1. The largest absolute Gasteiger partial charge is 0.385 e. The first-order valence-electron chi connectivity index (χ1n) is 8.55. The van der Waals surface area contributed by atoms with E-state index in [4.69, 9.17) is 4.74 Å². The highest BCUT2D eigenvalue weighted by atomic mass is 19.2. The quantitative estimate of drug-likeness (QED) is 0.567. The molecule has 27 heavy (non-hydrogen) atoms.